The molecule has 2 heterocycles. The molecular formula is C17H14N3Na2O7PS. The van der Waals surface area contributed by atoms with Gasteiger partial charge in [-0.1, -0.05) is 6.07 Å². The molecule has 0 spiro atoms. The van der Waals surface area contributed by atoms with Crippen molar-refractivity contribution in [2.45, 2.75) is 4.90 Å². The molecule has 10 nitrogen and oxygen atoms in total. The quantitative estimate of drug-likeness (QED) is 0.209. The molecular weight excluding hydrogens is 467 g/mol. The second kappa shape index (κ2) is 10.9. The van der Waals surface area contributed by atoms with Crippen molar-refractivity contribution in [1.29, 1.82) is 0 Å². The molecule has 0 fully saturated rings. The van der Waals surface area contributed by atoms with Gasteiger partial charge in [0, 0.05) is 16.0 Å². The van der Waals surface area contributed by atoms with Crippen molar-refractivity contribution in [2.75, 3.05) is 20.2 Å². The predicted octanol–water partition coefficient (Wildman–Crippen LogP) is -4.19. The van der Waals surface area contributed by atoms with Crippen molar-refractivity contribution in [3.05, 3.63) is 30.3 Å². The Kier molecular flexibility index (Phi) is 9.36. The van der Waals surface area contributed by atoms with Gasteiger partial charge in [-0.25, -0.2) is 0 Å². The average Bonchev–Trinajstić information content (AvgIpc) is 3.35. The van der Waals surface area contributed by atoms with E-state index in [2.05, 4.69) is 19.9 Å². The van der Waals surface area contributed by atoms with Crippen molar-refractivity contribution in [3.8, 4) is 45.5 Å². The first kappa shape index (κ1) is 26.5. The maximum absolute atomic E-state index is 11.1. The summed E-state index contributed by atoms with van der Waals surface area (Å²) in [5.41, 5.74) is 2.04. The van der Waals surface area contributed by atoms with E-state index < -0.39 is 7.82 Å². The van der Waals surface area contributed by atoms with Gasteiger partial charge in [0.2, 0.25) is 12.5 Å². The molecule has 0 radical (unpaired) electrons. The minimum absolute atomic E-state index is 0. The van der Waals surface area contributed by atoms with Crippen LogP contribution in [0, 0.1) is 0 Å². The Hall–Kier alpha value is -0.720. The maximum Gasteiger partial charge on any atom is 1.00 e. The van der Waals surface area contributed by atoms with Gasteiger partial charge >= 0.3 is 59.1 Å². The average molecular weight is 481 g/mol. The number of phosphoric ester groups is 1. The molecule has 14 heteroatoms. The van der Waals surface area contributed by atoms with Crippen LogP contribution in [-0.2, 0) is 4.57 Å². The number of methoxy groups -OCH3 is 1. The normalized spacial score (nSPS) is 12.0. The molecule has 0 bridgehead atoms. The summed E-state index contributed by atoms with van der Waals surface area (Å²) >= 11 is 1.25. The van der Waals surface area contributed by atoms with Gasteiger partial charge in [0.1, 0.15) is 25.0 Å². The van der Waals surface area contributed by atoms with E-state index in [-0.39, 0.29) is 71.7 Å². The summed E-state index contributed by atoms with van der Waals surface area (Å²) in [7, 11) is -3.70. The number of ether oxygens (including phenoxy) is 3. The molecule has 1 N–H and O–H groups in total. The summed E-state index contributed by atoms with van der Waals surface area (Å²) in [5, 5.41) is 10.9. The Balaban J connectivity index is 0.00000171. The zero-order chi connectivity index (χ0) is 20.6. The maximum atomic E-state index is 11.1. The molecule has 2 aromatic carbocycles. The van der Waals surface area contributed by atoms with Gasteiger partial charge < -0.3 is 33.1 Å². The molecule has 152 valence electrons. The Morgan fingerprint density at radius 2 is 1.74 bits per heavy atom. The van der Waals surface area contributed by atoms with Gasteiger partial charge in [-0.05, 0) is 30.5 Å². The van der Waals surface area contributed by atoms with Crippen LogP contribution in [0.2, 0.25) is 0 Å². The predicted molar refractivity (Wildman–Crippen MR) is 99.9 cm³/mol. The van der Waals surface area contributed by atoms with Crippen LogP contribution in [0.4, 0.5) is 0 Å². The molecule has 3 aromatic rings. The third kappa shape index (κ3) is 5.80. The van der Waals surface area contributed by atoms with Crippen LogP contribution in [0.5, 0.6) is 23.0 Å². The van der Waals surface area contributed by atoms with Crippen molar-refractivity contribution < 1.29 is 92.2 Å². The molecule has 1 aliphatic heterocycles. The SMILES string of the molecule is COc1cc(-c2n[nH]nc2-c2ccc(SC)c(OP(=O)([O-])[O-])c2)cc2c1OCO2.[Na+].[Na+]. The molecule has 0 saturated heterocycles. The number of benzene rings is 2. The third-order valence-corrected chi connectivity index (χ3v) is 5.32. The van der Waals surface area contributed by atoms with Crippen LogP contribution in [0.25, 0.3) is 22.5 Å². The van der Waals surface area contributed by atoms with E-state index >= 15 is 0 Å². The van der Waals surface area contributed by atoms with E-state index in [1.165, 1.54) is 24.9 Å². The van der Waals surface area contributed by atoms with E-state index in [0.29, 0.717) is 44.7 Å². The van der Waals surface area contributed by atoms with Crippen molar-refractivity contribution in [1.82, 2.24) is 15.4 Å². The monoisotopic (exact) mass is 481 g/mol. The van der Waals surface area contributed by atoms with Gasteiger partial charge in [-0.2, -0.15) is 15.4 Å². The smallest absolute Gasteiger partial charge is 0.780 e. The number of thioether (sulfide) groups is 1. The zero-order valence-corrected chi connectivity index (χ0v) is 22.9. The number of hydrogen-bond acceptors (Lipinski definition) is 10. The number of nitrogens with one attached hydrogen (secondary N) is 1. The summed E-state index contributed by atoms with van der Waals surface area (Å²) in [6.07, 6.45) is 1.74. The van der Waals surface area contributed by atoms with Gasteiger partial charge in [0.05, 0.1) is 7.11 Å². The number of hydrogen-bond donors (Lipinski definition) is 1. The van der Waals surface area contributed by atoms with E-state index in [1.54, 1.807) is 30.5 Å². The standard InChI is InChI=1S/C17H16N3O7PS.2Na/c1-24-12-6-10(7-13-17(12)26-8-25-13)16-15(18-20-19-16)9-3-4-14(29-2)11(5-9)27-28(21,22)23;;/h3-7H,8H2,1-2H3,(H,18,19,20)(H2,21,22,23);;/q;2*+1/p-2. The van der Waals surface area contributed by atoms with Gasteiger partial charge in [-0.3, -0.25) is 0 Å². The van der Waals surface area contributed by atoms with Crippen molar-refractivity contribution >= 4 is 19.6 Å². The number of fused-ring (bicyclic) bond motifs is 1. The van der Waals surface area contributed by atoms with E-state index in [9.17, 15) is 14.4 Å². The molecule has 0 aliphatic carbocycles. The van der Waals surface area contributed by atoms with Gasteiger partial charge in [-0.15, -0.1) is 11.8 Å². The summed E-state index contributed by atoms with van der Waals surface area (Å²) in [5.74, 6) is 1.42. The fourth-order valence-corrected chi connectivity index (χ4v) is 3.88. The van der Waals surface area contributed by atoms with Gasteiger partial charge in [0.15, 0.2) is 11.5 Å². The van der Waals surface area contributed by atoms with Crippen LogP contribution in [0.15, 0.2) is 35.2 Å². The molecule has 1 aromatic heterocycles. The molecule has 0 atom stereocenters. The van der Waals surface area contributed by atoms with Crippen molar-refractivity contribution in [2.24, 2.45) is 0 Å². The summed E-state index contributed by atoms with van der Waals surface area (Å²) in [6, 6.07) is 8.27. The molecule has 0 saturated carbocycles. The largest absolute Gasteiger partial charge is 1.00 e. The molecule has 0 amide bonds. The Morgan fingerprint density at radius 3 is 2.39 bits per heavy atom. The number of aromatic nitrogens is 3. The molecule has 0 unspecified atom stereocenters. The minimum Gasteiger partial charge on any atom is -0.780 e. The first-order valence-electron chi connectivity index (χ1n) is 8.18. The van der Waals surface area contributed by atoms with Gasteiger partial charge in [0.25, 0.3) is 0 Å². The van der Waals surface area contributed by atoms with E-state index in [1.807, 2.05) is 0 Å². The van der Waals surface area contributed by atoms with Crippen LogP contribution >= 0.6 is 19.6 Å². The summed E-state index contributed by atoms with van der Waals surface area (Å²) in [6.45, 7) is 0.0854. The van der Waals surface area contributed by atoms with E-state index in [0.717, 1.165) is 0 Å². The number of H-pyrrole nitrogens is 1. The van der Waals surface area contributed by atoms with Crippen LogP contribution in [0.3, 0.4) is 0 Å². The second-order valence-electron chi connectivity index (χ2n) is 5.84. The number of aromatic amines is 1. The Morgan fingerprint density at radius 1 is 1.06 bits per heavy atom. The minimum atomic E-state index is -5.22. The third-order valence-electron chi connectivity index (χ3n) is 4.13. The summed E-state index contributed by atoms with van der Waals surface area (Å²) in [4.78, 5) is 22.7. The zero-order valence-electron chi connectivity index (χ0n) is 17.2. The first-order valence-corrected chi connectivity index (χ1v) is 10.9. The molecule has 4 rings (SSSR count). The number of nitrogens with zero attached hydrogens (tertiary/aromatic N) is 2. The van der Waals surface area contributed by atoms with Crippen LogP contribution in [0.1, 0.15) is 0 Å². The summed E-state index contributed by atoms with van der Waals surface area (Å²) < 4.78 is 31.9. The molecule has 1 aliphatic rings. The Bertz CT molecular complexity index is 1130. The van der Waals surface area contributed by atoms with E-state index in [4.69, 9.17) is 14.2 Å². The first-order chi connectivity index (χ1) is 13.9. The number of rotatable bonds is 6. The van der Waals surface area contributed by atoms with Crippen molar-refractivity contribution in [3.63, 3.8) is 0 Å². The second-order valence-corrected chi connectivity index (χ2v) is 7.76. The topological polar surface area (TPSA) is 142 Å². The fraction of sp³-hybridized carbons (Fsp3) is 0.176. The Labute approximate surface area is 226 Å². The molecule has 31 heavy (non-hydrogen) atoms. The van der Waals surface area contributed by atoms with Crippen LogP contribution in [-0.4, -0.2) is 35.6 Å². The fourth-order valence-electron chi connectivity index (χ4n) is 2.92. The van der Waals surface area contributed by atoms with Crippen LogP contribution < -0.4 is 87.6 Å². The number of phosphoric acid groups is 1.